The molecule has 3 fully saturated rings. The number of nitrogens with zero attached hydrogens (tertiary/aromatic N) is 6. The lowest BCUT2D eigenvalue weighted by molar-refractivity contribution is 0.343. The molecule has 0 spiro atoms. The molecule has 1 saturated carbocycles. The fourth-order valence-corrected chi connectivity index (χ4v) is 5.37. The molecule has 0 unspecified atom stereocenters. The molecule has 2 bridgehead atoms. The maximum absolute atomic E-state index is 14.3. The predicted molar refractivity (Wildman–Crippen MR) is 124 cm³/mol. The molecule has 3 atom stereocenters. The van der Waals surface area contributed by atoms with Crippen molar-refractivity contribution in [2.24, 2.45) is 7.05 Å². The van der Waals surface area contributed by atoms with Gasteiger partial charge in [-0.2, -0.15) is 4.98 Å². The number of benzene rings is 1. The Morgan fingerprint density at radius 2 is 1.88 bits per heavy atom. The van der Waals surface area contributed by atoms with Crippen LogP contribution in [0, 0.1) is 5.82 Å². The Hall–Kier alpha value is -3.40. The van der Waals surface area contributed by atoms with Crippen molar-refractivity contribution >= 4 is 5.82 Å². The Morgan fingerprint density at radius 3 is 2.53 bits per heavy atom. The number of phenols is 1. The third-order valence-electron chi connectivity index (χ3n) is 7.15. The van der Waals surface area contributed by atoms with Crippen LogP contribution in [0.1, 0.15) is 38.5 Å². The smallest absolute Gasteiger partial charge is 0.348 e. The SMILES string of the molecule is Cn1cc(F)c(-c2ccc(-c3ncc(N(C4CC4)[C@@H]4C[C@H]5CC[C@@H](C4)N5)nn3)c(O)c2)nc1=O. The van der Waals surface area contributed by atoms with Crippen molar-refractivity contribution in [3.63, 3.8) is 0 Å². The first kappa shape index (κ1) is 21.2. The number of fused-ring (bicyclic) bond motifs is 2. The molecule has 1 aromatic carbocycles. The summed E-state index contributed by atoms with van der Waals surface area (Å²) in [5, 5.41) is 23.1. The minimum Gasteiger partial charge on any atom is -0.507 e. The average Bonchev–Trinajstić information content (AvgIpc) is 3.60. The van der Waals surface area contributed by atoms with E-state index in [9.17, 15) is 14.3 Å². The van der Waals surface area contributed by atoms with Gasteiger partial charge in [-0.15, -0.1) is 10.2 Å². The molecular weight excluding hydrogens is 437 g/mol. The van der Waals surface area contributed by atoms with Gasteiger partial charge in [-0.25, -0.2) is 14.2 Å². The number of aromatic hydroxyl groups is 1. The summed E-state index contributed by atoms with van der Waals surface area (Å²) in [5.74, 6) is 0.275. The molecular formula is C24H26FN7O2. The Balaban J connectivity index is 1.26. The Morgan fingerprint density at radius 1 is 1.12 bits per heavy atom. The van der Waals surface area contributed by atoms with E-state index >= 15 is 0 Å². The normalized spacial score (nSPS) is 23.8. The number of piperidine rings is 1. The summed E-state index contributed by atoms with van der Waals surface area (Å²) >= 11 is 0. The van der Waals surface area contributed by atoms with E-state index in [1.807, 2.05) is 0 Å². The summed E-state index contributed by atoms with van der Waals surface area (Å²) in [7, 11) is 1.43. The van der Waals surface area contributed by atoms with E-state index in [2.05, 4.69) is 30.4 Å². The van der Waals surface area contributed by atoms with E-state index < -0.39 is 11.5 Å². The van der Waals surface area contributed by atoms with Crippen LogP contribution in [0.15, 0.2) is 35.4 Å². The number of anilines is 1. The minimum atomic E-state index is -0.650. The van der Waals surface area contributed by atoms with Gasteiger partial charge in [0.1, 0.15) is 11.4 Å². The van der Waals surface area contributed by atoms with Crippen LogP contribution in [0.25, 0.3) is 22.6 Å². The highest BCUT2D eigenvalue weighted by atomic mass is 19.1. The average molecular weight is 464 g/mol. The number of phenolic OH excluding ortho intramolecular Hbond substituents is 1. The van der Waals surface area contributed by atoms with E-state index in [4.69, 9.17) is 0 Å². The van der Waals surface area contributed by atoms with Crippen LogP contribution >= 0.6 is 0 Å². The number of halogens is 1. The summed E-state index contributed by atoms with van der Waals surface area (Å²) < 4.78 is 15.4. The third kappa shape index (κ3) is 3.81. The van der Waals surface area contributed by atoms with Gasteiger partial charge in [-0.05, 0) is 50.7 Å². The molecule has 2 N–H and O–H groups in total. The fourth-order valence-electron chi connectivity index (χ4n) is 5.37. The van der Waals surface area contributed by atoms with Crippen LogP contribution in [0.2, 0.25) is 0 Å². The molecule has 2 saturated heterocycles. The molecule has 0 amide bonds. The van der Waals surface area contributed by atoms with Crippen LogP contribution in [0.5, 0.6) is 5.75 Å². The molecule has 3 aliphatic rings. The maximum atomic E-state index is 14.3. The first-order chi connectivity index (χ1) is 16.5. The lowest BCUT2D eigenvalue weighted by atomic mass is 9.98. The van der Waals surface area contributed by atoms with Crippen LogP contribution < -0.4 is 15.9 Å². The second-order valence-electron chi connectivity index (χ2n) is 9.60. The van der Waals surface area contributed by atoms with Gasteiger partial charge >= 0.3 is 5.69 Å². The van der Waals surface area contributed by atoms with Crippen LogP contribution in [-0.4, -0.2) is 54.0 Å². The highest BCUT2D eigenvalue weighted by molar-refractivity contribution is 5.71. The Labute approximate surface area is 195 Å². The van der Waals surface area contributed by atoms with Crippen LogP contribution in [0.4, 0.5) is 10.2 Å². The highest BCUT2D eigenvalue weighted by Gasteiger charge is 2.41. The number of hydrogen-bond donors (Lipinski definition) is 2. The molecule has 3 aromatic rings. The lowest BCUT2D eigenvalue weighted by Gasteiger charge is -2.38. The molecule has 34 heavy (non-hydrogen) atoms. The first-order valence-corrected chi connectivity index (χ1v) is 11.8. The molecule has 2 aliphatic heterocycles. The van der Waals surface area contributed by atoms with Crippen molar-refractivity contribution in [3.8, 4) is 28.4 Å². The summed E-state index contributed by atoms with van der Waals surface area (Å²) in [6, 6.07) is 6.65. The molecule has 6 rings (SSSR count). The number of rotatable bonds is 5. The van der Waals surface area contributed by atoms with Crippen molar-refractivity contribution in [1.29, 1.82) is 0 Å². The largest absolute Gasteiger partial charge is 0.507 e. The van der Waals surface area contributed by atoms with Crippen molar-refractivity contribution in [2.75, 3.05) is 4.90 Å². The summed E-state index contributed by atoms with van der Waals surface area (Å²) in [4.78, 5) is 22.5. The monoisotopic (exact) mass is 463 g/mol. The molecule has 0 radical (unpaired) electrons. The van der Waals surface area contributed by atoms with E-state index in [0.717, 1.165) is 42.3 Å². The molecule has 9 nitrogen and oxygen atoms in total. The fraction of sp³-hybridized carbons (Fsp3) is 0.458. The minimum absolute atomic E-state index is 0.115. The molecule has 2 aromatic heterocycles. The maximum Gasteiger partial charge on any atom is 0.348 e. The van der Waals surface area contributed by atoms with E-state index in [1.54, 1.807) is 18.3 Å². The lowest BCUT2D eigenvalue weighted by Crippen LogP contribution is -2.49. The highest BCUT2D eigenvalue weighted by Crippen LogP contribution is 2.39. The second-order valence-corrected chi connectivity index (χ2v) is 9.60. The van der Waals surface area contributed by atoms with E-state index in [-0.39, 0.29) is 17.3 Å². The zero-order valence-electron chi connectivity index (χ0n) is 18.9. The number of hydrogen-bond acceptors (Lipinski definition) is 8. The summed E-state index contributed by atoms with van der Waals surface area (Å²) in [6.45, 7) is 0. The van der Waals surface area contributed by atoms with E-state index in [1.165, 1.54) is 26.0 Å². The van der Waals surface area contributed by atoms with Crippen molar-refractivity contribution in [3.05, 3.63) is 46.9 Å². The van der Waals surface area contributed by atoms with Gasteiger partial charge in [0, 0.05) is 43.0 Å². The van der Waals surface area contributed by atoms with Gasteiger partial charge in [-0.3, -0.25) is 4.57 Å². The zero-order valence-corrected chi connectivity index (χ0v) is 18.9. The van der Waals surface area contributed by atoms with Gasteiger partial charge in [0.25, 0.3) is 0 Å². The summed E-state index contributed by atoms with van der Waals surface area (Å²) in [6.07, 6.45) is 9.86. The van der Waals surface area contributed by atoms with Crippen molar-refractivity contribution in [1.82, 2.24) is 30.0 Å². The number of aryl methyl sites for hydroxylation is 1. The summed E-state index contributed by atoms with van der Waals surface area (Å²) in [5.41, 5.74) is -0.0215. The molecule has 4 heterocycles. The quantitative estimate of drug-likeness (QED) is 0.594. The molecule has 176 valence electrons. The Kier molecular flexibility index (Phi) is 5.05. The van der Waals surface area contributed by atoms with Crippen LogP contribution in [0.3, 0.4) is 0 Å². The number of nitrogens with one attached hydrogen (secondary N) is 1. The van der Waals surface area contributed by atoms with Crippen molar-refractivity contribution < 1.29 is 9.50 Å². The van der Waals surface area contributed by atoms with Gasteiger partial charge in [-0.1, -0.05) is 6.07 Å². The first-order valence-electron chi connectivity index (χ1n) is 11.8. The van der Waals surface area contributed by atoms with Gasteiger partial charge < -0.3 is 15.3 Å². The second kappa shape index (κ2) is 8.12. The molecule has 10 heteroatoms. The third-order valence-corrected chi connectivity index (χ3v) is 7.15. The molecule has 1 aliphatic carbocycles. The Bertz CT molecular complexity index is 1280. The number of aromatic nitrogens is 5. The van der Waals surface area contributed by atoms with Gasteiger partial charge in [0.15, 0.2) is 17.5 Å². The predicted octanol–water partition coefficient (Wildman–Crippen LogP) is 2.40. The van der Waals surface area contributed by atoms with Crippen molar-refractivity contribution in [2.45, 2.75) is 62.7 Å². The zero-order chi connectivity index (χ0) is 23.4. The van der Waals surface area contributed by atoms with Gasteiger partial charge in [0.05, 0.1) is 11.8 Å². The van der Waals surface area contributed by atoms with Gasteiger partial charge in [0.2, 0.25) is 0 Å². The van der Waals surface area contributed by atoms with Crippen LogP contribution in [-0.2, 0) is 7.05 Å². The van der Waals surface area contributed by atoms with E-state index in [0.29, 0.717) is 35.3 Å². The topological polar surface area (TPSA) is 109 Å². The standard InChI is InChI=1S/C24H26FN7O2/c1-31-12-19(25)22(28-24(31)34)13-2-7-18(20(33)8-13)23-26-11-21(29-30-23)32(16-5-6-16)17-9-14-3-4-15(10-17)27-14/h2,7-8,11-12,14-17,27,33H,3-6,9-10H2,1H3/t14-,15+,17-.